The van der Waals surface area contributed by atoms with Gasteiger partial charge in [-0.25, -0.2) is 0 Å². The molecule has 0 aromatic heterocycles. The highest BCUT2D eigenvalue weighted by Crippen LogP contribution is 2.25. The third kappa shape index (κ3) is 3.84. The Labute approximate surface area is 140 Å². The van der Waals surface area contributed by atoms with E-state index < -0.39 is 6.61 Å². The summed E-state index contributed by atoms with van der Waals surface area (Å²) in [5.74, 6) is -0.288. The number of ether oxygens (including phenoxy) is 1. The van der Waals surface area contributed by atoms with E-state index in [1.54, 1.807) is 23.1 Å². The van der Waals surface area contributed by atoms with E-state index in [9.17, 15) is 13.6 Å². The lowest BCUT2D eigenvalue weighted by Gasteiger charge is -2.36. The summed E-state index contributed by atoms with van der Waals surface area (Å²) in [5, 5.41) is 0. The highest BCUT2D eigenvalue weighted by molar-refractivity contribution is 5.97. The molecule has 0 N–H and O–H groups in total. The van der Waals surface area contributed by atoms with E-state index >= 15 is 0 Å². The van der Waals surface area contributed by atoms with Crippen LogP contribution in [0.25, 0.3) is 0 Å². The molecule has 0 bridgehead atoms. The number of likely N-dealkylation sites (tertiary alicyclic amines) is 1. The van der Waals surface area contributed by atoms with Gasteiger partial charge in [0.1, 0.15) is 5.75 Å². The number of hydrogen-bond donors (Lipinski definition) is 0. The minimum absolute atomic E-state index is 0.0550. The first kappa shape index (κ1) is 17.1. The fraction of sp³-hybridized carbons (Fsp3) is 0.588. The molecule has 132 valence electrons. The van der Waals surface area contributed by atoms with Crippen LogP contribution in [0.15, 0.2) is 24.3 Å². The lowest BCUT2D eigenvalue weighted by Crippen LogP contribution is -2.50. The molecule has 0 spiro atoms. The van der Waals surface area contributed by atoms with E-state index in [4.69, 9.17) is 0 Å². The summed E-state index contributed by atoms with van der Waals surface area (Å²) >= 11 is 0. The quantitative estimate of drug-likeness (QED) is 0.837. The Hall–Kier alpha value is -1.73. The van der Waals surface area contributed by atoms with Gasteiger partial charge in [0, 0.05) is 45.3 Å². The second kappa shape index (κ2) is 7.44. The van der Waals surface area contributed by atoms with Crippen LogP contribution in [-0.2, 0) is 0 Å². The zero-order valence-corrected chi connectivity index (χ0v) is 13.8. The Morgan fingerprint density at radius 1 is 1.17 bits per heavy atom. The zero-order chi connectivity index (χ0) is 17.1. The van der Waals surface area contributed by atoms with Crippen LogP contribution < -0.4 is 4.74 Å². The minimum atomic E-state index is -2.93. The zero-order valence-electron chi connectivity index (χ0n) is 13.8. The summed E-state index contributed by atoms with van der Waals surface area (Å²) in [5.41, 5.74) is 0.205. The molecular formula is C17H23F2N3O2. The molecule has 2 saturated heterocycles. The summed E-state index contributed by atoms with van der Waals surface area (Å²) < 4.78 is 29.5. The number of benzene rings is 1. The van der Waals surface area contributed by atoms with Crippen LogP contribution in [0, 0.1) is 0 Å². The lowest BCUT2D eigenvalue weighted by molar-refractivity contribution is -0.0502. The van der Waals surface area contributed by atoms with Crippen LogP contribution in [-0.4, -0.2) is 79.6 Å². The molecular weight excluding hydrogens is 316 g/mol. The predicted octanol–water partition coefficient (Wildman–Crippen LogP) is 1.75. The third-order valence-electron chi connectivity index (χ3n) is 4.84. The number of amides is 1. The minimum Gasteiger partial charge on any atom is -0.434 e. The van der Waals surface area contributed by atoms with Gasteiger partial charge in [-0.05, 0) is 25.6 Å². The molecule has 0 aliphatic carbocycles. The van der Waals surface area contributed by atoms with Gasteiger partial charge >= 0.3 is 6.61 Å². The number of likely N-dealkylation sites (N-methyl/N-ethyl adjacent to an activating group) is 1. The topological polar surface area (TPSA) is 36.0 Å². The van der Waals surface area contributed by atoms with Crippen LogP contribution in [0.4, 0.5) is 8.78 Å². The first-order valence-electron chi connectivity index (χ1n) is 8.30. The van der Waals surface area contributed by atoms with Crippen molar-refractivity contribution in [3.63, 3.8) is 0 Å². The molecule has 0 radical (unpaired) electrons. The molecule has 2 aliphatic heterocycles. The average molecular weight is 339 g/mol. The van der Waals surface area contributed by atoms with Gasteiger partial charge in [0.15, 0.2) is 0 Å². The van der Waals surface area contributed by atoms with Crippen LogP contribution in [0.2, 0.25) is 0 Å². The number of para-hydroxylation sites is 1. The normalized spacial score (nSPS) is 23.0. The molecule has 3 rings (SSSR count). The standard InChI is InChI=1S/C17H23F2N3O2/c1-20-8-10-21(11-9-20)13-6-7-22(12-13)16(23)14-4-2-3-5-15(14)24-17(18)19/h2-5,13,17H,6-12H2,1H3/t13-/m1/s1. The third-order valence-corrected chi connectivity index (χ3v) is 4.84. The molecule has 1 amide bonds. The van der Waals surface area contributed by atoms with E-state index in [1.165, 1.54) is 6.07 Å². The molecule has 1 aromatic carbocycles. The van der Waals surface area contributed by atoms with Crippen molar-refractivity contribution in [2.24, 2.45) is 0 Å². The first-order chi connectivity index (χ1) is 11.5. The monoisotopic (exact) mass is 339 g/mol. The summed E-state index contributed by atoms with van der Waals surface area (Å²) in [6, 6.07) is 6.56. The van der Waals surface area contributed by atoms with Crippen molar-refractivity contribution in [2.75, 3.05) is 46.3 Å². The molecule has 0 unspecified atom stereocenters. The number of carbonyl (C=O) groups is 1. The number of hydrogen-bond acceptors (Lipinski definition) is 4. The van der Waals surface area contributed by atoms with Gasteiger partial charge in [-0.15, -0.1) is 0 Å². The van der Waals surface area contributed by atoms with Crippen molar-refractivity contribution >= 4 is 5.91 Å². The number of carbonyl (C=O) groups excluding carboxylic acids is 1. The van der Waals surface area contributed by atoms with E-state index in [0.717, 1.165) is 32.6 Å². The van der Waals surface area contributed by atoms with Gasteiger partial charge in [-0.2, -0.15) is 8.78 Å². The van der Waals surface area contributed by atoms with Gasteiger partial charge in [0.25, 0.3) is 5.91 Å². The van der Waals surface area contributed by atoms with Gasteiger partial charge in [-0.3, -0.25) is 9.69 Å². The molecule has 1 atom stereocenters. The molecule has 1 aromatic rings. The van der Waals surface area contributed by atoms with Crippen molar-refractivity contribution in [2.45, 2.75) is 19.1 Å². The molecule has 2 aliphatic rings. The maximum absolute atomic E-state index is 12.7. The SMILES string of the molecule is CN1CCN([C@@H]2CCN(C(=O)c3ccccc3OC(F)F)C2)CC1. The van der Waals surface area contributed by atoms with Crippen LogP contribution >= 0.6 is 0 Å². The Balaban J connectivity index is 1.64. The molecule has 0 saturated carbocycles. The summed E-state index contributed by atoms with van der Waals surface area (Å²) in [6.07, 6.45) is 0.924. The maximum atomic E-state index is 12.7. The van der Waals surface area contributed by atoms with Crippen molar-refractivity contribution in [3.8, 4) is 5.75 Å². The Bertz CT molecular complexity index is 577. The fourth-order valence-corrected chi connectivity index (χ4v) is 3.42. The van der Waals surface area contributed by atoms with Crippen molar-refractivity contribution in [1.29, 1.82) is 0 Å². The number of halogens is 2. The molecule has 2 heterocycles. The van der Waals surface area contributed by atoms with Gasteiger partial charge in [-0.1, -0.05) is 12.1 Å². The van der Waals surface area contributed by atoms with E-state index in [1.807, 2.05) is 0 Å². The van der Waals surface area contributed by atoms with E-state index in [0.29, 0.717) is 19.1 Å². The summed E-state index contributed by atoms with van der Waals surface area (Å²) in [6.45, 7) is 2.45. The second-order valence-corrected chi connectivity index (χ2v) is 6.41. The molecule has 7 heteroatoms. The Morgan fingerprint density at radius 2 is 1.88 bits per heavy atom. The highest BCUT2D eigenvalue weighted by Gasteiger charge is 2.33. The van der Waals surface area contributed by atoms with E-state index in [-0.39, 0.29) is 17.2 Å². The number of alkyl halides is 2. The van der Waals surface area contributed by atoms with Crippen LogP contribution in [0.5, 0.6) is 5.75 Å². The van der Waals surface area contributed by atoms with Crippen molar-refractivity contribution in [1.82, 2.24) is 14.7 Å². The highest BCUT2D eigenvalue weighted by atomic mass is 19.3. The van der Waals surface area contributed by atoms with Crippen molar-refractivity contribution in [3.05, 3.63) is 29.8 Å². The first-order valence-corrected chi connectivity index (χ1v) is 8.30. The number of nitrogens with zero attached hydrogens (tertiary/aromatic N) is 3. The predicted molar refractivity (Wildman–Crippen MR) is 86.5 cm³/mol. The number of rotatable bonds is 4. The largest absolute Gasteiger partial charge is 0.434 e. The molecule has 24 heavy (non-hydrogen) atoms. The van der Waals surface area contributed by atoms with E-state index in [2.05, 4.69) is 21.6 Å². The van der Waals surface area contributed by atoms with Crippen LogP contribution in [0.3, 0.4) is 0 Å². The van der Waals surface area contributed by atoms with Gasteiger partial charge < -0.3 is 14.5 Å². The maximum Gasteiger partial charge on any atom is 0.387 e. The number of piperazine rings is 1. The summed E-state index contributed by atoms with van der Waals surface area (Å²) in [4.78, 5) is 19.2. The Morgan fingerprint density at radius 3 is 2.58 bits per heavy atom. The van der Waals surface area contributed by atoms with Gasteiger partial charge in [0.2, 0.25) is 0 Å². The summed E-state index contributed by atoms with van der Waals surface area (Å²) in [7, 11) is 2.11. The van der Waals surface area contributed by atoms with Crippen LogP contribution in [0.1, 0.15) is 16.8 Å². The van der Waals surface area contributed by atoms with Gasteiger partial charge in [0.05, 0.1) is 5.56 Å². The molecule has 2 fully saturated rings. The smallest absolute Gasteiger partial charge is 0.387 e. The van der Waals surface area contributed by atoms with Crippen molar-refractivity contribution < 1.29 is 18.3 Å². The lowest BCUT2D eigenvalue weighted by atomic mass is 10.1. The Kier molecular flexibility index (Phi) is 5.30. The molecule has 5 nitrogen and oxygen atoms in total. The fourth-order valence-electron chi connectivity index (χ4n) is 3.42. The second-order valence-electron chi connectivity index (χ2n) is 6.41. The average Bonchev–Trinajstić information content (AvgIpc) is 3.05.